The van der Waals surface area contributed by atoms with E-state index < -0.39 is 17.5 Å². The Kier molecular flexibility index (Phi) is 3.01. The molecular weight excluding hydrogens is 260 g/mol. The lowest BCUT2D eigenvalue weighted by Gasteiger charge is -2.23. The minimum Gasteiger partial charge on any atom is -0.305 e. The predicted molar refractivity (Wildman–Crippen MR) is 72.8 cm³/mol. The molecular formula is C16H13F2NO. The SMILES string of the molecule is C[C@@H]1Cc2ccccc2N1C(=O)c1ccc(F)cc1F. The summed E-state index contributed by atoms with van der Waals surface area (Å²) in [7, 11) is 0. The van der Waals surface area contributed by atoms with Gasteiger partial charge >= 0.3 is 0 Å². The number of halogens is 2. The molecule has 1 amide bonds. The molecule has 2 aromatic carbocycles. The third-order valence-corrected chi connectivity index (χ3v) is 3.59. The molecule has 2 nitrogen and oxygen atoms in total. The van der Waals surface area contributed by atoms with E-state index in [2.05, 4.69) is 0 Å². The molecule has 1 aliphatic heterocycles. The third-order valence-electron chi connectivity index (χ3n) is 3.59. The number of fused-ring (bicyclic) bond motifs is 1. The molecule has 0 N–H and O–H groups in total. The Balaban J connectivity index is 2.03. The van der Waals surface area contributed by atoms with Crippen molar-refractivity contribution in [2.75, 3.05) is 4.90 Å². The summed E-state index contributed by atoms with van der Waals surface area (Å²) in [6, 6.07) is 10.6. The molecule has 0 spiro atoms. The summed E-state index contributed by atoms with van der Waals surface area (Å²) in [4.78, 5) is 14.1. The van der Waals surface area contributed by atoms with E-state index in [0.29, 0.717) is 0 Å². The highest BCUT2D eigenvalue weighted by Gasteiger charge is 2.32. The average Bonchev–Trinajstić information content (AvgIpc) is 2.73. The lowest BCUT2D eigenvalue weighted by atomic mass is 10.1. The van der Waals surface area contributed by atoms with Gasteiger partial charge in [0.1, 0.15) is 11.6 Å². The van der Waals surface area contributed by atoms with Gasteiger partial charge in [0.15, 0.2) is 0 Å². The Morgan fingerprint density at radius 3 is 2.70 bits per heavy atom. The topological polar surface area (TPSA) is 20.3 Å². The van der Waals surface area contributed by atoms with Crippen LogP contribution in [-0.4, -0.2) is 11.9 Å². The van der Waals surface area contributed by atoms with Crippen LogP contribution in [-0.2, 0) is 6.42 Å². The lowest BCUT2D eigenvalue weighted by molar-refractivity contribution is 0.0977. The maximum atomic E-state index is 13.8. The van der Waals surface area contributed by atoms with Crippen LogP contribution in [0.2, 0.25) is 0 Å². The number of amides is 1. The summed E-state index contributed by atoms with van der Waals surface area (Å²) in [5, 5.41) is 0. The third kappa shape index (κ3) is 1.97. The van der Waals surface area contributed by atoms with Crippen LogP contribution in [0.3, 0.4) is 0 Å². The highest BCUT2D eigenvalue weighted by atomic mass is 19.1. The number of hydrogen-bond donors (Lipinski definition) is 0. The minimum atomic E-state index is -0.827. The monoisotopic (exact) mass is 273 g/mol. The van der Waals surface area contributed by atoms with Crippen molar-refractivity contribution in [3.63, 3.8) is 0 Å². The Bertz CT molecular complexity index is 684. The van der Waals surface area contributed by atoms with Gasteiger partial charge in [0, 0.05) is 17.8 Å². The first-order valence-corrected chi connectivity index (χ1v) is 6.44. The van der Waals surface area contributed by atoms with Crippen molar-refractivity contribution in [2.24, 2.45) is 0 Å². The fourth-order valence-corrected chi connectivity index (χ4v) is 2.67. The zero-order valence-electron chi connectivity index (χ0n) is 10.9. The summed E-state index contributed by atoms with van der Waals surface area (Å²) in [5.74, 6) is -1.94. The molecule has 1 aliphatic rings. The smallest absolute Gasteiger partial charge is 0.261 e. The number of rotatable bonds is 1. The number of nitrogens with zero attached hydrogens (tertiary/aromatic N) is 1. The van der Waals surface area contributed by atoms with Gasteiger partial charge in [0.05, 0.1) is 5.56 Å². The van der Waals surface area contributed by atoms with Gasteiger partial charge < -0.3 is 4.90 Å². The molecule has 0 fully saturated rings. The van der Waals surface area contributed by atoms with Crippen LogP contribution in [0.25, 0.3) is 0 Å². The van der Waals surface area contributed by atoms with Gasteiger partial charge in [-0.15, -0.1) is 0 Å². The summed E-state index contributed by atoms with van der Waals surface area (Å²) in [6.07, 6.45) is 0.741. The van der Waals surface area contributed by atoms with Crippen molar-refractivity contribution in [2.45, 2.75) is 19.4 Å². The van der Waals surface area contributed by atoms with E-state index in [1.165, 1.54) is 6.07 Å². The van der Waals surface area contributed by atoms with Gasteiger partial charge in [0.2, 0.25) is 0 Å². The zero-order chi connectivity index (χ0) is 14.3. The van der Waals surface area contributed by atoms with Crippen molar-refractivity contribution in [1.82, 2.24) is 0 Å². The molecule has 0 aromatic heterocycles. The van der Waals surface area contributed by atoms with Crippen LogP contribution in [0.15, 0.2) is 42.5 Å². The van der Waals surface area contributed by atoms with Gasteiger partial charge in [-0.05, 0) is 37.1 Å². The second kappa shape index (κ2) is 4.71. The molecule has 4 heteroatoms. The van der Waals surface area contributed by atoms with Crippen LogP contribution in [0, 0.1) is 11.6 Å². The Morgan fingerprint density at radius 1 is 1.20 bits per heavy atom. The first kappa shape index (κ1) is 12.8. The van der Waals surface area contributed by atoms with Crippen LogP contribution in [0.4, 0.5) is 14.5 Å². The molecule has 0 saturated carbocycles. The van der Waals surface area contributed by atoms with Crippen molar-refractivity contribution >= 4 is 11.6 Å². The van der Waals surface area contributed by atoms with Crippen LogP contribution >= 0.6 is 0 Å². The molecule has 0 unspecified atom stereocenters. The van der Waals surface area contributed by atoms with Crippen LogP contribution in [0.5, 0.6) is 0 Å². The van der Waals surface area contributed by atoms with E-state index in [0.717, 1.165) is 29.8 Å². The van der Waals surface area contributed by atoms with E-state index in [-0.39, 0.29) is 11.6 Å². The van der Waals surface area contributed by atoms with Crippen molar-refractivity contribution in [1.29, 1.82) is 0 Å². The molecule has 20 heavy (non-hydrogen) atoms. The fraction of sp³-hybridized carbons (Fsp3) is 0.188. The number of hydrogen-bond acceptors (Lipinski definition) is 1. The molecule has 1 atom stereocenters. The van der Waals surface area contributed by atoms with Crippen molar-refractivity contribution in [3.05, 3.63) is 65.2 Å². The first-order valence-electron chi connectivity index (χ1n) is 6.44. The fourth-order valence-electron chi connectivity index (χ4n) is 2.67. The quantitative estimate of drug-likeness (QED) is 0.778. The van der Waals surface area contributed by atoms with E-state index in [9.17, 15) is 13.6 Å². The molecule has 102 valence electrons. The summed E-state index contributed by atoms with van der Waals surface area (Å²) in [5.41, 5.74) is 1.76. The van der Waals surface area contributed by atoms with Crippen LogP contribution < -0.4 is 4.90 Å². The molecule has 0 radical (unpaired) electrons. The predicted octanol–water partition coefficient (Wildman–Crippen LogP) is 3.56. The second-order valence-corrected chi connectivity index (χ2v) is 4.98. The number of benzene rings is 2. The average molecular weight is 273 g/mol. The Morgan fingerprint density at radius 2 is 1.95 bits per heavy atom. The summed E-state index contributed by atoms with van der Waals surface area (Å²) in [6.45, 7) is 1.92. The highest BCUT2D eigenvalue weighted by Crippen LogP contribution is 2.33. The van der Waals surface area contributed by atoms with Gasteiger partial charge in [0.25, 0.3) is 5.91 Å². The normalized spacial score (nSPS) is 17.1. The molecule has 1 heterocycles. The second-order valence-electron chi connectivity index (χ2n) is 4.98. The number of anilines is 1. The summed E-state index contributed by atoms with van der Waals surface area (Å²) < 4.78 is 26.7. The highest BCUT2D eigenvalue weighted by molar-refractivity contribution is 6.07. The standard InChI is InChI=1S/C16H13F2NO/c1-10-8-11-4-2-3-5-15(11)19(10)16(20)13-7-6-12(17)9-14(13)18/h2-7,9-10H,8H2,1H3/t10-/m1/s1. The van der Waals surface area contributed by atoms with Gasteiger partial charge in [-0.1, -0.05) is 18.2 Å². The molecule has 0 bridgehead atoms. The number of carbonyl (C=O) groups is 1. The largest absolute Gasteiger partial charge is 0.305 e. The van der Waals surface area contributed by atoms with Crippen molar-refractivity contribution in [3.8, 4) is 0 Å². The maximum absolute atomic E-state index is 13.8. The Hall–Kier alpha value is -2.23. The van der Waals surface area contributed by atoms with Gasteiger partial charge in [-0.25, -0.2) is 8.78 Å². The minimum absolute atomic E-state index is 0.0376. The molecule has 0 aliphatic carbocycles. The zero-order valence-corrected chi connectivity index (χ0v) is 10.9. The molecule has 0 saturated heterocycles. The van der Waals surface area contributed by atoms with E-state index in [1.807, 2.05) is 31.2 Å². The van der Waals surface area contributed by atoms with E-state index >= 15 is 0 Å². The van der Waals surface area contributed by atoms with Crippen molar-refractivity contribution < 1.29 is 13.6 Å². The maximum Gasteiger partial charge on any atom is 0.261 e. The summed E-state index contributed by atoms with van der Waals surface area (Å²) >= 11 is 0. The number of para-hydroxylation sites is 1. The Labute approximate surface area is 115 Å². The molecule has 3 rings (SSSR count). The van der Waals surface area contributed by atoms with Gasteiger partial charge in [-0.3, -0.25) is 4.79 Å². The van der Waals surface area contributed by atoms with Crippen LogP contribution in [0.1, 0.15) is 22.8 Å². The number of carbonyl (C=O) groups excluding carboxylic acids is 1. The first-order chi connectivity index (χ1) is 9.58. The molecule has 2 aromatic rings. The lowest BCUT2D eigenvalue weighted by Crippen LogP contribution is -2.36. The van der Waals surface area contributed by atoms with E-state index in [1.54, 1.807) is 4.90 Å². The van der Waals surface area contributed by atoms with E-state index in [4.69, 9.17) is 0 Å². The van der Waals surface area contributed by atoms with Gasteiger partial charge in [-0.2, -0.15) is 0 Å².